The summed E-state index contributed by atoms with van der Waals surface area (Å²) >= 11 is 0. The van der Waals surface area contributed by atoms with Crippen LogP contribution in [-0.4, -0.2) is 36.4 Å². The van der Waals surface area contributed by atoms with Crippen LogP contribution in [0.1, 0.15) is 32.8 Å². The summed E-state index contributed by atoms with van der Waals surface area (Å²) in [6, 6.07) is 9.52. The third-order valence-corrected chi connectivity index (χ3v) is 4.48. The van der Waals surface area contributed by atoms with Gasteiger partial charge in [-0.05, 0) is 24.9 Å². The van der Waals surface area contributed by atoms with E-state index >= 15 is 0 Å². The van der Waals surface area contributed by atoms with Crippen molar-refractivity contribution in [3.8, 4) is 0 Å². The van der Waals surface area contributed by atoms with E-state index < -0.39 is 17.7 Å². The van der Waals surface area contributed by atoms with Crippen molar-refractivity contribution in [2.45, 2.75) is 63.6 Å². The maximum atomic E-state index is 8.80. The second-order valence-electron chi connectivity index (χ2n) is 6.79. The minimum atomic E-state index is -0.743. The van der Waals surface area contributed by atoms with Crippen molar-refractivity contribution >= 4 is 0 Å². The molecule has 4 atom stereocenters. The predicted octanol–water partition coefficient (Wildman–Crippen LogP) is 3.54. The summed E-state index contributed by atoms with van der Waals surface area (Å²) in [7, 11) is 0. The van der Waals surface area contributed by atoms with Crippen LogP contribution in [0.25, 0.3) is 10.4 Å². The van der Waals surface area contributed by atoms with E-state index in [0.29, 0.717) is 19.6 Å². The molecule has 2 saturated heterocycles. The van der Waals surface area contributed by atoms with Crippen LogP contribution in [-0.2, 0) is 25.6 Å². The van der Waals surface area contributed by atoms with Gasteiger partial charge in [-0.1, -0.05) is 42.4 Å². The first-order chi connectivity index (χ1) is 11.4. The second-order valence-corrected chi connectivity index (χ2v) is 6.79. The van der Waals surface area contributed by atoms with Gasteiger partial charge in [-0.3, -0.25) is 0 Å². The van der Waals surface area contributed by atoms with E-state index in [4.69, 9.17) is 24.5 Å². The van der Waals surface area contributed by atoms with Gasteiger partial charge in [0.2, 0.25) is 0 Å². The van der Waals surface area contributed by atoms with E-state index in [-0.39, 0.29) is 12.1 Å². The van der Waals surface area contributed by atoms with Gasteiger partial charge in [0.1, 0.15) is 11.7 Å². The molecule has 2 fully saturated rings. The lowest BCUT2D eigenvalue weighted by Crippen LogP contribution is -2.45. The fourth-order valence-corrected chi connectivity index (χ4v) is 3.24. The number of benzene rings is 1. The number of hydrogen-bond acceptors (Lipinski definition) is 5. The first kappa shape index (κ1) is 17.2. The Morgan fingerprint density at radius 1 is 1.29 bits per heavy atom. The monoisotopic (exact) mass is 333 g/mol. The molecule has 0 aromatic heterocycles. The molecule has 0 saturated carbocycles. The topological polar surface area (TPSA) is 85.7 Å². The molecule has 0 radical (unpaired) electrons. The smallest absolute Gasteiger partial charge is 0.188 e. The van der Waals surface area contributed by atoms with Gasteiger partial charge in [0.25, 0.3) is 0 Å². The SMILES string of the molecule is CC(N=[N+]=[N-])[C@@]1(COCc2ccccc2)C[C@H]2OC(C)(C)O[C@H]2O1. The lowest BCUT2D eigenvalue weighted by molar-refractivity contribution is -0.236. The molecule has 0 aliphatic carbocycles. The zero-order chi connectivity index (χ0) is 17.2. The van der Waals surface area contributed by atoms with Crippen molar-refractivity contribution in [1.29, 1.82) is 0 Å². The van der Waals surface area contributed by atoms with Crippen molar-refractivity contribution in [3.05, 3.63) is 46.3 Å². The molecule has 0 bridgehead atoms. The number of fused-ring (bicyclic) bond motifs is 1. The lowest BCUT2D eigenvalue weighted by Gasteiger charge is -2.34. The van der Waals surface area contributed by atoms with Crippen LogP contribution >= 0.6 is 0 Å². The number of rotatable bonds is 6. The van der Waals surface area contributed by atoms with E-state index in [1.165, 1.54) is 0 Å². The van der Waals surface area contributed by atoms with Crippen LogP contribution in [0.5, 0.6) is 0 Å². The van der Waals surface area contributed by atoms with Gasteiger partial charge >= 0.3 is 0 Å². The van der Waals surface area contributed by atoms with Crippen LogP contribution in [0.2, 0.25) is 0 Å². The number of ether oxygens (including phenoxy) is 4. The average molecular weight is 333 g/mol. The van der Waals surface area contributed by atoms with Gasteiger partial charge in [-0.15, -0.1) is 0 Å². The van der Waals surface area contributed by atoms with Crippen molar-refractivity contribution in [1.82, 2.24) is 0 Å². The molecular weight excluding hydrogens is 310 g/mol. The Morgan fingerprint density at radius 2 is 2.04 bits per heavy atom. The Balaban J connectivity index is 1.68. The highest BCUT2D eigenvalue weighted by molar-refractivity contribution is 5.13. The highest BCUT2D eigenvalue weighted by Crippen LogP contribution is 2.44. The summed E-state index contributed by atoms with van der Waals surface area (Å²) in [5.74, 6) is -0.659. The largest absolute Gasteiger partial charge is 0.374 e. The van der Waals surface area contributed by atoms with Crippen LogP contribution in [0.3, 0.4) is 0 Å². The van der Waals surface area contributed by atoms with Crippen molar-refractivity contribution < 1.29 is 18.9 Å². The van der Waals surface area contributed by atoms with Crippen LogP contribution in [0, 0.1) is 0 Å². The van der Waals surface area contributed by atoms with Crippen molar-refractivity contribution in [2.75, 3.05) is 6.61 Å². The standard InChI is InChI=1S/C17H23N3O4/c1-12(19-20-18)17(11-21-10-13-7-5-4-6-8-13)9-14-15(24-17)23-16(2,3)22-14/h4-8,12,14-15H,9-11H2,1-3H3/t12?,14-,15+,17+/m1/s1. The highest BCUT2D eigenvalue weighted by Gasteiger charge is 2.57. The molecule has 1 unspecified atom stereocenters. The molecule has 7 nitrogen and oxygen atoms in total. The van der Waals surface area contributed by atoms with E-state index in [2.05, 4.69) is 10.0 Å². The Bertz CT molecular complexity index is 600. The van der Waals surface area contributed by atoms with Gasteiger partial charge in [0, 0.05) is 11.3 Å². The van der Waals surface area contributed by atoms with E-state index in [0.717, 1.165) is 5.56 Å². The normalized spacial score (nSPS) is 32.1. The molecule has 24 heavy (non-hydrogen) atoms. The maximum Gasteiger partial charge on any atom is 0.188 e. The zero-order valence-corrected chi connectivity index (χ0v) is 14.2. The van der Waals surface area contributed by atoms with E-state index in [9.17, 15) is 0 Å². The molecule has 2 aliphatic rings. The van der Waals surface area contributed by atoms with Crippen LogP contribution in [0.15, 0.2) is 35.4 Å². The summed E-state index contributed by atoms with van der Waals surface area (Å²) in [6.45, 7) is 6.33. The number of hydrogen-bond donors (Lipinski definition) is 0. The van der Waals surface area contributed by atoms with E-state index in [1.807, 2.05) is 51.1 Å². The Hall–Kier alpha value is -1.63. The summed E-state index contributed by atoms with van der Waals surface area (Å²) in [6.07, 6.45) is -0.0795. The van der Waals surface area contributed by atoms with Crippen LogP contribution in [0.4, 0.5) is 0 Å². The minimum Gasteiger partial charge on any atom is -0.374 e. The first-order valence-corrected chi connectivity index (χ1v) is 8.13. The van der Waals surface area contributed by atoms with Gasteiger partial charge in [0.15, 0.2) is 12.1 Å². The zero-order valence-electron chi connectivity index (χ0n) is 14.2. The molecule has 1 aromatic rings. The maximum absolute atomic E-state index is 8.80. The fraction of sp³-hybridized carbons (Fsp3) is 0.647. The molecule has 0 spiro atoms. The second kappa shape index (κ2) is 6.70. The Labute approximate surface area is 141 Å². The molecule has 2 aliphatic heterocycles. The molecule has 1 aromatic carbocycles. The molecule has 3 rings (SSSR count). The molecule has 2 heterocycles. The van der Waals surface area contributed by atoms with Crippen molar-refractivity contribution in [3.63, 3.8) is 0 Å². The molecule has 7 heteroatoms. The third kappa shape index (κ3) is 3.55. The minimum absolute atomic E-state index is 0.184. The van der Waals surface area contributed by atoms with Crippen molar-refractivity contribution in [2.24, 2.45) is 5.11 Å². The molecule has 0 amide bonds. The van der Waals surface area contributed by atoms with Gasteiger partial charge in [-0.25, -0.2) is 0 Å². The molecule has 130 valence electrons. The predicted molar refractivity (Wildman–Crippen MR) is 87.0 cm³/mol. The fourth-order valence-electron chi connectivity index (χ4n) is 3.24. The summed E-state index contributed by atoms with van der Waals surface area (Å²) in [4.78, 5) is 2.92. The Kier molecular flexibility index (Phi) is 4.80. The van der Waals surface area contributed by atoms with Gasteiger partial charge in [-0.2, -0.15) is 0 Å². The van der Waals surface area contributed by atoms with Gasteiger partial charge in [0.05, 0.1) is 19.3 Å². The summed E-state index contributed by atoms with van der Waals surface area (Å²) in [5.41, 5.74) is 9.14. The number of azide groups is 1. The average Bonchev–Trinajstić information content (AvgIpc) is 2.99. The third-order valence-electron chi connectivity index (χ3n) is 4.48. The summed E-state index contributed by atoms with van der Waals surface area (Å²) in [5, 5.41) is 3.83. The van der Waals surface area contributed by atoms with E-state index in [1.54, 1.807) is 0 Å². The quantitative estimate of drug-likeness (QED) is 0.453. The van der Waals surface area contributed by atoms with Crippen LogP contribution < -0.4 is 0 Å². The summed E-state index contributed by atoms with van der Waals surface area (Å²) < 4.78 is 23.7. The molecule has 0 N–H and O–H groups in total. The first-order valence-electron chi connectivity index (χ1n) is 8.13. The Morgan fingerprint density at radius 3 is 2.71 bits per heavy atom. The molecular formula is C17H23N3O4. The lowest BCUT2D eigenvalue weighted by atomic mass is 9.92. The number of nitrogens with zero attached hydrogens (tertiary/aromatic N) is 3. The highest BCUT2D eigenvalue weighted by atomic mass is 16.8. The van der Waals surface area contributed by atoms with Gasteiger partial charge < -0.3 is 18.9 Å².